The molecule has 2 aromatic rings. The number of likely N-dealkylation sites (N-methyl/N-ethyl adjacent to an activating group) is 1. The quantitative estimate of drug-likeness (QED) is 0.409. The van der Waals surface area contributed by atoms with Crippen LogP contribution in [0.1, 0.15) is 95.7 Å². The Bertz CT molecular complexity index is 1140. The molecule has 4 rings (SSSR count). The molecular weight excluding hydrogens is 500 g/mol. The lowest BCUT2D eigenvalue weighted by Gasteiger charge is -2.35. The van der Waals surface area contributed by atoms with Gasteiger partial charge in [0.25, 0.3) is 0 Å². The molecule has 9 heteroatoms. The molecule has 1 aliphatic heterocycles. The van der Waals surface area contributed by atoms with Crippen LogP contribution in [-0.2, 0) is 9.59 Å². The molecule has 3 atom stereocenters. The number of rotatable bonds is 10. The number of likely N-dealkylation sites (tertiary alicyclic amines) is 1. The number of carbonyl (C=O) groups is 3. The van der Waals surface area contributed by atoms with Gasteiger partial charge in [-0.15, -0.1) is 11.3 Å². The first-order valence-corrected chi connectivity index (χ1v) is 14.7. The second kappa shape index (κ2) is 12.8. The Balaban J connectivity index is 0.00000280. The number of benzene rings is 1. The summed E-state index contributed by atoms with van der Waals surface area (Å²) in [5.41, 5.74) is 0.907. The fourth-order valence-electron chi connectivity index (χ4n) is 5.40. The molecule has 1 saturated carbocycles. The van der Waals surface area contributed by atoms with Gasteiger partial charge < -0.3 is 20.3 Å². The summed E-state index contributed by atoms with van der Waals surface area (Å²) in [6.45, 7) is 6.32. The van der Waals surface area contributed by atoms with E-state index in [2.05, 4.69) is 10.6 Å². The highest BCUT2D eigenvalue weighted by Crippen LogP contribution is 2.36. The molecule has 2 amide bonds. The fraction of sp³-hybridized carbons (Fsp3) is 0.586. The lowest BCUT2D eigenvalue weighted by molar-refractivity contribution is -0.139. The van der Waals surface area contributed by atoms with Gasteiger partial charge in [0.15, 0.2) is 0 Å². The number of carbonyl (C=O) groups excluding carboxylic acids is 3. The third kappa shape index (κ3) is 6.61. The molecule has 38 heavy (non-hydrogen) atoms. The normalized spacial score (nSPS) is 19.8. The van der Waals surface area contributed by atoms with Crippen LogP contribution in [0.5, 0.6) is 5.75 Å². The molecule has 2 fully saturated rings. The van der Waals surface area contributed by atoms with Crippen LogP contribution in [0, 0.1) is 5.92 Å². The Morgan fingerprint density at radius 1 is 1.11 bits per heavy atom. The first-order valence-electron chi connectivity index (χ1n) is 13.8. The zero-order valence-corrected chi connectivity index (χ0v) is 23.7. The molecule has 1 aromatic carbocycles. The summed E-state index contributed by atoms with van der Waals surface area (Å²) in [7, 11) is 1.74. The van der Waals surface area contributed by atoms with E-state index in [9.17, 15) is 14.4 Å². The maximum absolute atomic E-state index is 13.9. The van der Waals surface area contributed by atoms with Gasteiger partial charge in [0.2, 0.25) is 17.6 Å². The van der Waals surface area contributed by atoms with Gasteiger partial charge in [-0.1, -0.05) is 31.4 Å². The van der Waals surface area contributed by atoms with Crippen molar-refractivity contribution in [3.8, 4) is 5.75 Å². The Morgan fingerprint density at radius 2 is 1.87 bits per heavy atom. The second-order valence-corrected chi connectivity index (χ2v) is 11.6. The topological polar surface area (TPSA) is 101 Å². The molecule has 210 valence electrons. The number of amides is 2. The van der Waals surface area contributed by atoms with E-state index in [0.29, 0.717) is 23.6 Å². The van der Waals surface area contributed by atoms with Gasteiger partial charge in [-0.2, -0.15) is 0 Å². The van der Waals surface area contributed by atoms with Crippen molar-refractivity contribution in [3.63, 3.8) is 0 Å². The van der Waals surface area contributed by atoms with Gasteiger partial charge >= 0.3 is 0 Å². The van der Waals surface area contributed by atoms with Crippen molar-refractivity contribution in [2.45, 2.75) is 89.9 Å². The van der Waals surface area contributed by atoms with E-state index >= 15 is 0 Å². The molecular formula is C29H44N4O4S. The van der Waals surface area contributed by atoms with Crippen LogP contribution in [0.15, 0.2) is 29.6 Å². The molecule has 1 aliphatic carbocycles. The first-order chi connectivity index (χ1) is 18.3. The largest absolute Gasteiger partial charge is 0.491 e. The Labute approximate surface area is 232 Å². The Morgan fingerprint density at radius 3 is 2.58 bits per heavy atom. The van der Waals surface area contributed by atoms with E-state index in [-0.39, 0.29) is 44.6 Å². The number of nitrogens with one attached hydrogen (secondary N) is 2. The summed E-state index contributed by atoms with van der Waals surface area (Å²) in [6.07, 6.45) is 6.90. The Hall–Kier alpha value is -2.78. The predicted molar refractivity (Wildman–Crippen MR) is 153 cm³/mol. The van der Waals surface area contributed by atoms with E-state index < -0.39 is 6.04 Å². The average Bonchev–Trinajstić information content (AvgIpc) is 3.60. The van der Waals surface area contributed by atoms with Crippen LogP contribution >= 0.6 is 11.3 Å². The van der Waals surface area contributed by atoms with E-state index in [1.165, 1.54) is 17.8 Å². The summed E-state index contributed by atoms with van der Waals surface area (Å²) in [5.74, 6) is 0.443. The number of ether oxygens (including phenoxy) is 1. The van der Waals surface area contributed by atoms with Crippen molar-refractivity contribution >= 4 is 28.9 Å². The van der Waals surface area contributed by atoms with Crippen LogP contribution in [-0.4, -0.2) is 59.3 Å². The molecule has 2 heterocycles. The highest BCUT2D eigenvalue weighted by molar-refractivity contribution is 7.10. The van der Waals surface area contributed by atoms with Gasteiger partial charge in [0.05, 0.1) is 18.2 Å². The van der Waals surface area contributed by atoms with Crippen LogP contribution in [0.4, 0.5) is 0 Å². The summed E-state index contributed by atoms with van der Waals surface area (Å²) in [5, 5.41) is 8.60. The average molecular weight is 545 g/mol. The van der Waals surface area contributed by atoms with Gasteiger partial charge in [0.1, 0.15) is 22.5 Å². The minimum Gasteiger partial charge on any atom is -0.491 e. The standard InChI is InChI=1S/C29H40N4O4S.2H2/c1-18(2)37-22-13-8-12-21(16-22)26(34)23-17-38-28(31-23)24-14-9-15-33(24)29(36)25(20-10-6-5-7-11-20)32-27(35)19(3)30-4;;/h8,12-13,16-20,24-25,30H,5-7,9-11,14-15H2,1-4H3,(H,32,35);2*1H/t19-,24-,25-;;/m0../s1. The maximum Gasteiger partial charge on any atom is 0.246 e. The van der Waals surface area contributed by atoms with Crippen LogP contribution in [0.2, 0.25) is 0 Å². The minimum absolute atomic E-state index is 0. The van der Waals surface area contributed by atoms with Crippen LogP contribution < -0.4 is 15.4 Å². The lowest BCUT2D eigenvalue weighted by atomic mass is 9.83. The molecule has 8 nitrogen and oxygen atoms in total. The van der Waals surface area contributed by atoms with Crippen molar-refractivity contribution in [2.24, 2.45) is 5.92 Å². The van der Waals surface area contributed by atoms with Gasteiger partial charge in [-0.05, 0) is 71.6 Å². The van der Waals surface area contributed by atoms with Gasteiger partial charge in [0, 0.05) is 20.3 Å². The van der Waals surface area contributed by atoms with Gasteiger partial charge in [-0.25, -0.2) is 4.98 Å². The van der Waals surface area contributed by atoms with Crippen molar-refractivity contribution in [3.05, 3.63) is 45.9 Å². The van der Waals surface area contributed by atoms with E-state index in [1.54, 1.807) is 31.5 Å². The van der Waals surface area contributed by atoms with Crippen molar-refractivity contribution in [1.82, 2.24) is 20.5 Å². The molecule has 0 spiro atoms. The van der Waals surface area contributed by atoms with E-state index in [4.69, 9.17) is 9.72 Å². The van der Waals surface area contributed by atoms with Crippen molar-refractivity contribution in [1.29, 1.82) is 0 Å². The molecule has 0 bridgehead atoms. The number of nitrogens with zero attached hydrogens (tertiary/aromatic N) is 2. The summed E-state index contributed by atoms with van der Waals surface area (Å²) >= 11 is 1.42. The van der Waals surface area contributed by atoms with E-state index in [0.717, 1.165) is 43.5 Å². The number of thiazole rings is 1. The summed E-state index contributed by atoms with van der Waals surface area (Å²) in [6, 6.07) is 6.06. The highest BCUT2D eigenvalue weighted by atomic mass is 32.1. The summed E-state index contributed by atoms with van der Waals surface area (Å²) in [4.78, 5) is 46.5. The first kappa shape index (κ1) is 28.2. The third-order valence-corrected chi connectivity index (χ3v) is 8.50. The molecule has 0 radical (unpaired) electrons. The number of hydrogen-bond donors (Lipinski definition) is 2. The fourth-order valence-corrected chi connectivity index (χ4v) is 6.34. The highest BCUT2D eigenvalue weighted by Gasteiger charge is 2.40. The predicted octanol–water partition coefficient (Wildman–Crippen LogP) is 4.99. The van der Waals surface area contributed by atoms with E-state index in [1.807, 2.05) is 30.9 Å². The number of hydrogen-bond acceptors (Lipinski definition) is 7. The number of ketones is 1. The van der Waals surface area contributed by atoms with Crippen molar-refractivity contribution in [2.75, 3.05) is 13.6 Å². The lowest BCUT2D eigenvalue weighted by Crippen LogP contribution is -2.55. The smallest absolute Gasteiger partial charge is 0.246 e. The summed E-state index contributed by atoms with van der Waals surface area (Å²) < 4.78 is 5.74. The molecule has 1 saturated heterocycles. The number of aromatic nitrogens is 1. The third-order valence-electron chi connectivity index (χ3n) is 7.55. The van der Waals surface area contributed by atoms with Crippen LogP contribution in [0.3, 0.4) is 0 Å². The second-order valence-electron chi connectivity index (χ2n) is 10.7. The monoisotopic (exact) mass is 544 g/mol. The molecule has 1 aromatic heterocycles. The van der Waals surface area contributed by atoms with Gasteiger partial charge in [-0.3, -0.25) is 14.4 Å². The molecule has 0 unspecified atom stereocenters. The SMILES string of the molecule is CN[C@@H](C)C(=O)N[C@H](C(=O)N1CCC[C@H]1c1nc(C(=O)c2cccc(OC(C)C)c2)cs1)C1CCCCC1.[HH].[HH]. The zero-order chi connectivity index (χ0) is 27.2. The van der Waals surface area contributed by atoms with Crippen molar-refractivity contribution < 1.29 is 22.0 Å². The molecule has 2 N–H and O–H groups in total. The van der Waals surface area contributed by atoms with Crippen LogP contribution in [0.25, 0.3) is 0 Å². The zero-order valence-electron chi connectivity index (χ0n) is 22.9. The minimum atomic E-state index is -0.538. The molecule has 2 aliphatic rings. The maximum atomic E-state index is 13.9. The Kier molecular flexibility index (Phi) is 9.54.